The van der Waals surface area contributed by atoms with Gasteiger partial charge in [-0.1, -0.05) is 32.0 Å². The zero-order chi connectivity index (χ0) is 16.9. The molecular weight excluding hydrogens is 292 g/mol. The molecule has 0 aliphatic carbocycles. The molecule has 0 bridgehead atoms. The SMILES string of the molecule is CC(C)(CO)C(NCc1ccc(C(=O)O)cc1)c1cccnc1. The van der Waals surface area contributed by atoms with E-state index in [1.807, 2.05) is 26.0 Å². The third-order valence-electron chi connectivity index (χ3n) is 3.92. The third kappa shape index (κ3) is 4.37. The molecule has 1 unspecified atom stereocenters. The van der Waals surface area contributed by atoms with Crippen molar-refractivity contribution in [1.29, 1.82) is 0 Å². The van der Waals surface area contributed by atoms with Crippen LogP contribution < -0.4 is 5.32 Å². The molecule has 0 spiro atoms. The number of hydrogen-bond donors (Lipinski definition) is 3. The summed E-state index contributed by atoms with van der Waals surface area (Å²) in [6, 6.07) is 10.6. The smallest absolute Gasteiger partial charge is 0.335 e. The van der Waals surface area contributed by atoms with Gasteiger partial charge in [0.25, 0.3) is 0 Å². The Morgan fingerprint density at radius 1 is 1.26 bits per heavy atom. The summed E-state index contributed by atoms with van der Waals surface area (Å²) in [5.74, 6) is -0.931. The van der Waals surface area contributed by atoms with Crippen LogP contribution in [-0.4, -0.2) is 27.8 Å². The van der Waals surface area contributed by atoms with Crippen LogP contribution in [0.1, 0.15) is 41.4 Å². The van der Waals surface area contributed by atoms with E-state index in [-0.39, 0.29) is 23.6 Å². The van der Waals surface area contributed by atoms with Gasteiger partial charge in [-0.2, -0.15) is 0 Å². The summed E-state index contributed by atoms with van der Waals surface area (Å²) < 4.78 is 0. The lowest BCUT2D eigenvalue weighted by Crippen LogP contribution is -2.36. The molecule has 1 atom stereocenters. The van der Waals surface area contributed by atoms with E-state index in [0.29, 0.717) is 6.54 Å². The van der Waals surface area contributed by atoms with Crippen molar-refractivity contribution in [2.75, 3.05) is 6.61 Å². The standard InChI is InChI=1S/C18H22N2O3/c1-18(2,12-21)16(15-4-3-9-19-11-15)20-10-13-5-7-14(8-6-13)17(22)23/h3-9,11,16,20-21H,10,12H2,1-2H3,(H,22,23). The highest BCUT2D eigenvalue weighted by Crippen LogP contribution is 2.32. The van der Waals surface area contributed by atoms with Crippen molar-refractivity contribution in [3.05, 3.63) is 65.5 Å². The maximum atomic E-state index is 10.9. The van der Waals surface area contributed by atoms with E-state index in [9.17, 15) is 9.90 Å². The van der Waals surface area contributed by atoms with Gasteiger partial charge in [0.15, 0.2) is 0 Å². The number of nitrogens with one attached hydrogen (secondary N) is 1. The first-order valence-electron chi connectivity index (χ1n) is 7.50. The molecule has 2 aromatic rings. The summed E-state index contributed by atoms with van der Waals surface area (Å²) in [5, 5.41) is 22.1. The Morgan fingerprint density at radius 3 is 2.48 bits per heavy atom. The number of benzene rings is 1. The number of carboxylic acid groups (broad SMARTS) is 1. The van der Waals surface area contributed by atoms with Crippen LogP contribution in [0.3, 0.4) is 0 Å². The monoisotopic (exact) mass is 314 g/mol. The molecule has 0 aliphatic heterocycles. The van der Waals surface area contributed by atoms with Crippen molar-refractivity contribution in [3.63, 3.8) is 0 Å². The van der Waals surface area contributed by atoms with Crippen molar-refractivity contribution < 1.29 is 15.0 Å². The lowest BCUT2D eigenvalue weighted by atomic mass is 9.81. The first kappa shape index (κ1) is 17.1. The average Bonchev–Trinajstić information content (AvgIpc) is 2.56. The molecule has 3 N–H and O–H groups in total. The van der Waals surface area contributed by atoms with Crippen molar-refractivity contribution in [2.24, 2.45) is 5.41 Å². The molecule has 1 heterocycles. The van der Waals surface area contributed by atoms with Gasteiger partial charge in [-0.05, 0) is 29.3 Å². The fourth-order valence-corrected chi connectivity index (χ4v) is 2.47. The number of carbonyl (C=O) groups is 1. The first-order valence-corrected chi connectivity index (χ1v) is 7.50. The van der Waals surface area contributed by atoms with Crippen LogP contribution in [0.4, 0.5) is 0 Å². The van der Waals surface area contributed by atoms with Gasteiger partial charge in [-0.15, -0.1) is 0 Å². The average molecular weight is 314 g/mol. The number of aromatic nitrogens is 1. The molecule has 122 valence electrons. The zero-order valence-electron chi connectivity index (χ0n) is 13.4. The van der Waals surface area contributed by atoms with Crippen molar-refractivity contribution >= 4 is 5.97 Å². The first-order chi connectivity index (χ1) is 10.9. The number of aromatic carboxylic acids is 1. The fourth-order valence-electron chi connectivity index (χ4n) is 2.47. The minimum atomic E-state index is -0.931. The minimum Gasteiger partial charge on any atom is -0.478 e. The van der Waals surface area contributed by atoms with E-state index in [1.54, 1.807) is 36.7 Å². The fraction of sp³-hybridized carbons (Fsp3) is 0.333. The Labute approximate surface area is 136 Å². The Bertz CT molecular complexity index is 639. The van der Waals surface area contributed by atoms with Crippen LogP contribution in [0.5, 0.6) is 0 Å². The maximum Gasteiger partial charge on any atom is 0.335 e. The molecule has 0 fully saturated rings. The molecular formula is C18H22N2O3. The van der Waals surface area contributed by atoms with E-state index < -0.39 is 5.97 Å². The normalized spacial score (nSPS) is 12.8. The second-order valence-corrected chi connectivity index (χ2v) is 6.25. The molecule has 2 rings (SSSR count). The lowest BCUT2D eigenvalue weighted by molar-refractivity contribution is 0.0697. The van der Waals surface area contributed by atoms with Gasteiger partial charge in [0.2, 0.25) is 0 Å². The number of carboxylic acids is 1. The largest absolute Gasteiger partial charge is 0.478 e. The lowest BCUT2D eigenvalue weighted by Gasteiger charge is -2.33. The van der Waals surface area contributed by atoms with Crippen LogP contribution in [-0.2, 0) is 6.54 Å². The summed E-state index contributed by atoms with van der Waals surface area (Å²) in [7, 11) is 0. The Hall–Kier alpha value is -2.24. The predicted octanol–water partition coefficient (Wildman–Crippen LogP) is 2.63. The second kappa shape index (κ2) is 7.35. The summed E-state index contributed by atoms with van der Waals surface area (Å²) in [6.07, 6.45) is 3.51. The summed E-state index contributed by atoms with van der Waals surface area (Å²) in [6.45, 7) is 4.59. The molecule has 5 heteroatoms. The molecule has 23 heavy (non-hydrogen) atoms. The topological polar surface area (TPSA) is 82.5 Å². The van der Waals surface area contributed by atoms with Gasteiger partial charge in [0, 0.05) is 37.0 Å². The van der Waals surface area contributed by atoms with E-state index in [1.165, 1.54) is 0 Å². The van der Waals surface area contributed by atoms with E-state index >= 15 is 0 Å². The van der Waals surface area contributed by atoms with Crippen LogP contribution >= 0.6 is 0 Å². The van der Waals surface area contributed by atoms with Crippen molar-refractivity contribution in [2.45, 2.75) is 26.4 Å². The molecule has 1 aromatic heterocycles. The Morgan fingerprint density at radius 2 is 1.96 bits per heavy atom. The number of rotatable bonds is 7. The Kier molecular flexibility index (Phi) is 5.47. The van der Waals surface area contributed by atoms with Crippen molar-refractivity contribution in [3.8, 4) is 0 Å². The molecule has 0 saturated carbocycles. The van der Waals surface area contributed by atoms with Gasteiger partial charge in [0.1, 0.15) is 0 Å². The summed E-state index contributed by atoms with van der Waals surface area (Å²) in [4.78, 5) is 15.0. The third-order valence-corrected chi connectivity index (χ3v) is 3.92. The van der Waals surface area contributed by atoms with E-state index in [0.717, 1.165) is 11.1 Å². The van der Waals surface area contributed by atoms with Gasteiger partial charge in [0.05, 0.1) is 5.56 Å². The van der Waals surface area contributed by atoms with Crippen molar-refractivity contribution in [1.82, 2.24) is 10.3 Å². The number of nitrogens with zero attached hydrogens (tertiary/aromatic N) is 1. The summed E-state index contributed by atoms with van der Waals surface area (Å²) in [5.41, 5.74) is 1.91. The molecule has 0 aliphatic rings. The van der Waals surface area contributed by atoms with Crippen LogP contribution in [0, 0.1) is 5.41 Å². The van der Waals surface area contributed by atoms with Crippen LogP contribution in [0.2, 0.25) is 0 Å². The molecule has 1 aromatic carbocycles. The van der Waals surface area contributed by atoms with Crippen LogP contribution in [0.15, 0.2) is 48.8 Å². The highest BCUT2D eigenvalue weighted by molar-refractivity contribution is 5.87. The number of aliphatic hydroxyl groups is 1. The minimum absolute atomic E-state index is 0.0392. The highest BCUT2D eigenvalue weighted by atomic mass is 16.4. The quantitative estimate of drug-likeness (QED) is 0.732. The van der Waals surface area contributed by atoms with E-state index in [2.05, 4.69) is 10.3 Å². The van der Waals surface area contributed by atoms with Gasteiger partial charge < -0.3 is 15.5 Å². The highest BCUT2D eigenvalue weighted by Gasteiger charge is 2.30. The molecule has 0 radical (unpaired) electrons. The molecule has 0 saturated heterocycles. The number of pyridine rings is 1. The van der Waals surface area contributed by atoms with Crippen LogP contribution in [0.25, 0.3) is 0 Å². The number of aliphatic hydroxyl groups excluding tert-OH is 1. The maximum absolute atomic E-state index is 10.9. The predicted molar refractivity (Wildman–Crippen MR) is 88.1 cm³/mol. The zero-order valence-corrected chi connectivity index (χ0v) is 13.4. The molecule has 0 amide bonds. The van der Waals surface area contributed by atoms with Gasteiger partial charge in [-0.25, -0.2) is 4.79 Å². The molecule has 5 nitrogen and oxygen atoms in total. The summed E-state index contributed by atoms with van der Waals surface area (Å²) >= 11 is 0. The second-order valence-electron chi connectivity index (χ2n) is 6.25. The van der Waals surface area contributed by atoms with E-state index in [4.69, 9.17) is 5.11 Å². The number of hydrogen-bond acceptors (Lipinski definition) is 4. The Balaban J connectivity index is 2.14. The van der Waals surface area contributed by atoms with Gasteiger partial charge >= 0.3 is 5.97 Å². The van der Waals surface area contributed by atoms with Gasteiger partial charge in [-0.3, -0.25) is 4.98 Å².